The van der Waals surface area contributed by atoms with Gasteiger partial charge in [-0.1, -0.05) is 5.92 Å². The third kappa shape index (κ3) is 3.44. The van der Waals surface area contributed by atoms with Crippen LogP contribution in [0.4, 0.5) is 4.79 Å². The van der Waals surface area contributed by atoms with Gasteiger partial charge in [0.25, 0.3) is 0 Å². The number of carboxylic acids is 1. The Morgan fingerprint density at radius 2 is 2.10 bits per heavy atom. The van der Waals surface area contributed by atoms with Gasteiger partial charge in [-0.15, -0.1) is 6.42 Å². The summed E-state index contributed by atoms with van der Waals surface area (Å²) in [4.78, 5) is 27.1. The molecule has 2 atom stereocenters. The van der Waals surface area contributed by atoms with Crippen molar-refractivity contribution >= 4 is 12.0 Å². The lowest BCUT2D eigenvalue weighted by molar-refractivity contribution is -0.143. The van der Waals surface area contributed by atoms with Gasteiger partial charge >= 0.3 is 12.0 Å². The van der Waals surface area contributed by atoms with E-state index in [1.165, 1.54) is 12.8 Å². The molecule has 2 amide bonds. The van der Waals surface area contributed by atoms with Gasteiger partial charge in [-0.3, -0.25) is 4.79 Å². The molecule has 2 fully saturated rings. The monoisotopic (exact) mass is 278 g/mol. The Morgan fingerprint density at radius 1 is 1.40 bits per heavy atom. The molecule has 5 nitrogen and oxygen atoms in total. The molecule has 5 heteroatoms. The summed E-state index contributed by atoms with van der Waals surface area (Å²) in [5.74, 6) is 2.05. The lowest BCUT2D eigenvalue weighted by Gasteiger charge is -2.39. The summed E-state index contributed by atoms with van der Waals surface area (Å²) in [6.45, 7) is 3.48. The molecule has 0 bridgehead atoms. The van der Waals surface area contributed by atoms with Gasteiger partial charge in [0.1, 0.15) is 0 Å². The van der Waals surface area contributed by atoms with E-state index >= 15 is 0 Å². The zero-order chi connectivity index (χ0) is 14.7. The average molecular weight is 278 g/mol. The van der Waals surface area contributed by atoms with E-state index in [1.807, 2.05) is 6.92 Å². The van der Waals surface area contributed by atoms with Crippen LogP contribution in [0.1, 0.15) is 32.6 Å². The van der Waals surface area contributed by atoms with Gasteiger partial charge in [0.15, 0.2) is 0 Å². The zero-order valence-corrected chi connectivity index (χ0v) is 11.9. The number of carbonyl (C=O) groups is 2. The predicted octanol–water partition coefficient (Wildman–Crippen LogP) is 1.64. The molecule has 1 N–H and O–H groups in total. The van der Waals surface area contributed by atoms with Crippen LogP contribution in [0.25, 0.3) is 0 Å². The minimum absolute atomic E-state index is 0.0359. The maximum absolute atomic E-state index is 12.5. The SMILES string of the molecule is C#CCN(CC1CC1)C(=O)N1CCC(C(=O)O)CC1C. The number of carboxylic acid groups (broad SMARTS) is 1. The molecule has 0 radical (unpaired) electrons. The Morgan fingerprint density at radius 3 is 2.60 bits per heavy atom. The lowest BCUT2D eigenvalue weighted by atomic mass is 9.92. The summed E-state index contributed by atoms with van der Waals surface area (Å²) in [5, 5.41) is 9.06. The third-order valence-corrected chi connectivity index (χ3v) is 4.20. The van der Waals surface area contributed by atoms with E-state index in [-0.39, 0.29) is 18.0 Å². The van der Waals surface area contributed by atoms with Crippen LogP contribution in [0.5, 0.6) is 0 Å². The molecule has 1 heterocycles. The number of hydrogen-bond donors (Lipinski definition) is 1. The summed E-state index contributed by atoms with van der Waals surface area (Å²) in [6, 6.07) is -0.0805. The number of terminal acetylenes is 1. The van der Waals surface area contributed by atoms with Crippen molar-refractivity contribution in [3.63, 3.8) is 0 Å². The molecule has 0 spiro atoms. The largest absolute Gasteiger partial charge is 0.481 e. The van der Waals surface area contributed by atoms with Gasteiger partial charge in [0.05, 0.1) is 12.5 Å². The number of piperidine rings is 1. The normalized spacial score (nSPS) is 25.9. The quantitative estimate of drug-likeness (QED) is 0.795. The fourth-order valence-electron chi connectivity index (χ4n) is 2.79. The molecule has 1 saturated heterocycles. The van der Waals surface area contributed by atoms with E-state index in [0.29, 0.717) is 31.8 Å². The van der Waals surface area contributed by atoms with Crippen LogP contribution < -0.4 is 0 Å². The van der Waals surface area contributed by atoms with Crippen molar-refractivity contribution in [2.45, 2.75) is 38.6 Å². The van der Waals surface area contributed by atoms with Crippen LogP contribution >= 0.6 is 0 Å². The second-order valence-electron chi connectivity index (χ2n) is 5.91. The summed E-state index contributed by atoms with van der Waals surface area (Å²) in [5.41, 5.74) is 0. The molecule has 110 valence electrons. The van der Waals surface area contributed by atoms with E-state index in [0.717, 1.165) is 6.54 Å². The van der Waals surface area contributed by atoms with E-state index in [1.54, 1.807) is 9.80 Å². The third-order valence-electron chi connectivity index (χ3n) is 4.20. The molecule has 2 unspecified atom stereocenters. The summed E-state index contributed by atoms with van der Waals surface area (Å²) in [7, 11) is 0. The Balaban J connectivity index is 1.96. The Bertz CT molecular complexity index is 425. The van der Waals surface area contributed by atoms with Gasteiger partial charge < -0.3 is 14.9 Å². The molecular weight excluding hydrogens is 256 g/mol. The summed E-state index contributed by atoms with van der Waals surface area (Å²) >= 11 is 0. The number of aliphatic carboxylic acids is 1. The van der Waals surface area contributed by atoms with Gasteiger partial charge in [0.2, 0.25) is 0 Å². The molecule has 2 aliphatic rings. The molecule has 1 saturated carbocycles. The first-order chi connectivity index (χ1) is 9.52. The number of hydrogen-bond acceptors (Lipinski definition) is 2. The molecule has 0 aromatic rings. The molecular formula is C15H22N2O3. The maximum atomic E-state index is 12.5. The molecule has 1 aliphatic heterocycles. The number of likely N-dealkylation sites (tertiary alicyclic amines) is 1. The number of rotatable bonds is 4. The minimum atomic E-state index is -0.762. The highest BCUT2D eigenvalue weighted by Gasteiger charge is 2.35. The van der Waals surface area contributed by atoms with Gasteiger partial charge in [-0.2, -0.15) is 0 Å². The van der Waals surface area contributed by atoms with Crippen molar-refractivity contribution in [2.24, 2.45) is 11.8 Å². The van der Waals surface area contributed by atoms with E-state index in [2.05, 4.69) is 5.92 Å². The van der Waals surface area contributed by atoms with E-state index < -0.39 is 5.97 Å². The zero-order valence-electron chi connectivity index (χ0n) is 11.9. The van der Waals surface area contributed by atoms with Crippen LogP contribution in [0.2, 0.25) is 0 Å². The van der Waals surface area contributed by atoms with Crippen molar-refractivity contribution in [1.82, 2.24) is 9.80 Å². The second-order valence-corrected chi connectivity index (χ2v) is 5.91. The van der Waals surface area contributed by atoms with Crippen LogP contribution in [0.15, 0.2) is 0 Å². The Hall–Kier alpha value is -1.70. The first-order valence-corrected chi connectivity index (χ1v) is 7.24. The smallest absolute Gasteiger partial charge is 0.321 e. The van der Waals surface area contributed by atoms with Crippen molar-refractivity contribution in [3.05, 3.63) is 0 Å². The molecule has 0 aromatic heterocycles. The maximum Gasteiger partial charge on any atom is 0.321 e. The molecule has 1 aliphatic carbocycles. The Labute approximate surface area is 119 Å². The fraction of sp³-hybridized carbons (Fsp3) is 0.733. The van der Waals surface area contributed by atoms with Crippen molar-refractivity contribution in [3.8, 4) is 12.3 Å². The number of amides is 2. The number of carbonyl (C=O) groups excluding carboxylic acids is 1. The van der Waals surface area contributed by atoms with E-state index in [9.17, 15) is 9.59 Å². The summed E-state index contributed by atoms with van der Waals surface area (Å²) in [6.07, 6.45) is 8.74. The minimum Gasteiger partial charge on any atom is -0.481 e. The van der Waals surface area contributed by atoms with Gasteiger partial charge in [-0.25, -0.2) is 4.79 Å². The Kier molecular flexibility index (Phi) is 4.53. The van der Waals surface area contributed by atoms with Gasteiger partial charge in [-0.05, 0) is 38.5 Å². The summed E-state index contributed by atoms with van der Waals surface area (Å²) < 4.78 is 0. The van der Waals surface area contributed by atoms with Crippen molar-refractivity contribution in [2.75, 3.05) is 19.6 Å². The lowest BCUT2D eigenvalue weighted by Crippen LogP contribution is -2.52. The molecule has 2 rings (SSSR count). The first-order valence-electron chi connectivity index (χ1n) is 7.24. The highest BCUT2D eigenvalue weighted by atomic mass is 16.4. The van der Waals surface area contributed by atoms with Crippen molar-refractivity contribution < 1.29 is 14.7 Å². The first kappa shape index (κ1) is 14.7. The topological polar surface area (TPSA) is 60.9 Å². The van der Waals surface area contributed by atoms with Crippen molar-refractivity contribution in [1.29, 1.82) is 0 Å². The second kappa shape index (κ2) is 6.17. The predicted molar refractivity (Wildman–Crippen MR) is 75.1 cm³/mol. The molecule has 0 aromatic carbocycles. The standard InChI is InChI=1S/C15H22N2O3/c1-3-7-16(10-12-4-5-12)15(20)17-8-6-13(14(18)19)9-11(17)2/h1,11-13H,4-10H2,2H3,(H,18,19). The van der Waals surface area contributed by atoms with Gasteiger partial charge in [0, 0.05) is 19.1 Å². The van der Waals surface area contributed by atoms with Crippen LogP contribution in [0, 0.1) is 24.2 Å². The fourth-order valence-corrected chi connectivity index (χ4v) is 2.79. The highest BCUT2D eigenvalue weighted by molar-refractivity contribution is 5.76. The highest BCUT2D eigenvalue weighted by Crippen LogP contribution is 2.31. The number of urea groups is 1. The van der Waals surface area contributed by atoms with Crippen LogP contribution in [-0.4, -0.2) is 52.6 Å². The van der Waals surface area contributed by atoms with E-state index in [4.69, 9.17) is 11.5 Å². The number of nitrogens with zero attached hydrogens (tertiary/aromatic N) is 2. The average Bonchev–Trinajstić information content (AvgIpc) is 3.21. The van der Waals surface area contributed by atoms with Crippen LogP contribution in [0.3, 0.4) is 0 Å². The van der Waals surface area contributed by atoms with Crippen LogP contribution in [-0.2, 0) is 4.79 Å². The molecule has 20 heavy (non-hydrogen) atoms.